The smallest absolute Gasteiger partial charge is 0.249 e. The number of unbranched alkanes of at least 4 members (excludes halogenated alkanes) is 29. The third-order valence-corrected chi connectivity index (χ3v) is 10.9. The zero-order chi connectivity index (χ0) is 40.1. The molecule has 0 heterocycles. The van der Waals surface area contributed by atoms with Crippen molar-refractivity contribution < 1.29 is 20.1 Å². The molecule has 0 spiro atoms. The van der Waals surface area contributed by atoms with Crippen molar-refractivity contribution in [3.63, 3.8) is 0 Å². The molecule has 0 saturated heterocycles. The maximum atomic E-state index is 12.5. The maximum Gasteiger partial charge on any atom is 0.249 e. The summed E-state index contributed by atoms with van der Waals surface area (Å²) in [5.41, 5.74) is 0. The van der Waals surface area contributed by atoms with E-state index >= 15 is 0 Å². The molecule has 0 aliphatic rings. The number of hydrogen-bond acceptors (Lipinski definition) is 4. The molecular formula is C50H93NO4. The van der Waals surface area contributed by atoms with Crippen LogP contribution in [0.4, 0.5) is 0 Å². The van der Waals surface area contributed by atoms with Gasteiger partial charge in [0.1, 0.15) is 6.10 Å². The van der Waals surface area contributed by atoms with Gasteiger partial charge in [0.15, 0.2) is 0 Å². The zero-order valence-corrected chi connectivity index (χ0v) is 36.6. The highest BCUT2D eigenvalue weighted by molar-refractivity contribution is 5.80. The fraction of sp³-hybridized carbons (Fsp3) is 0.820. The summed E-state index contributed by atoms with van der Waals surface area (Å²) in [7, 11) is 0. The number of nitrogens with one attached hydrogen (secondary N) is 1. The van der Waals surface area contributed by atoms with E-state index in [9.17, 15) is 20.1 Å². The van der Waals surface area contributed by atoms with Crippen LogP contribution in [-0.2, 0) is 4.79 Å². The first-order valence-corrected chi connectivity index (χ1v) is 24.0. The lowest BCUT2D eigenvalue weighted by Crippen LogP contribution is -2.48. The van der Waals surface area contributed by atoms with Crippen molar-refractivity contribution in [1.29, 1.82) is 0 Å². The van der Waals surface area contributed by atoms with E-state index in [2.05, 4.69) is 55.6 Å². The summed E-state index contributed by atoms with van der Waals surface area (Å²) in [4.78, 5) is 12.5. The molecule has 3 unspecified atom stereocenters. The predicted octanol–water partition coefficient (Wildman–Crippen LogP) is 14.1. The van der Waals surface area contributed by atoms with Gasteiger partial charge in [0.05, 0.1) is 18.8 Å². The molecule has 0 radical (unpaired) electrons. The lowest BCUT2D eigenvalue weighted by molar-refractivity contribution is -0.131. The lowest BCUT2D eigenvalue weighted by atomic mass is 10.0. The van der Waals surface area contributed by atoms with Gasteiger partial charge in [0.2, 0.25) is 5.91 Å². The summed E-state index contributed by atoms with van der Waals surface area (Å²) in [6.07, 6.45) is 58.7. The highest BCUT2D eigenvalue weighted by Gasteiger charge is 2.22. The molecule has 0 aliphatic carbocycles. The van der Waals surface area contributed by atoms with Crippen LogP contribution in [0.1, 0.15) is 239 Å². The van der Waals surface area contributed by atoms with Crippen LogP contribution in [0.15, 0.2) is 48.6 Å². The fourth-order valence-electron chi connectivity index (χ4n) is 7.09. The number of rotatable bonds is 43. The Morgan fingerprint density at radius 2 is 0.745 bits per heavy atom. The van der Waals surface area contributed by atoms with E-state index in [1.165, 1.54) is 173 Å². The largest absolute Gasteiger partial charge is 0.394 e. The molecule has 4 N–H and O–H groups in total. The van der Waals surface area contributed by atoms with Crippen LogP contribution in [0.2, 0.25) is 0 Å². The molecule has 322 valence electrons. The van der Waals surface area contributed by atoms with Crippen molar-refractivity contribution in [2.24, 2.45) is 0 Å². The predicted molar refractivity (Wildman–Crippen MR) is 241 cm³/mol. The molecule has 5 nitrogen and oxygen atoms in total. The van der Waals surface area contributed by atoms with Gasteiger partial charge in [-0.3, -0.25) is 4.79 Å². The Kier molecular flexibility index (Phi) is 43.6. The number of hydrogen-bond donors (Lipinski definition) is 4. The van der Waals surface area contributed by atoms with Crippen molar-refractivity contribution in [2.75, 3.05) is 6.61 Å². The Labute approximate surface area is 342 Å². The van der Waals surface area contributed by atoms with Gasteiger partial charge in [-0.15, -0.1) is 0 Å². The second kappa shape index (κ2) is 45.0. The number of aliphatic hydroxyl groups excluding tert-OH is 3. The van der Waals surface area contributed by atoms with Crippen molar-refractivity contribution in [2.45, 2.75) is 257 Å². The van der Waals surface area contributed by atoms with E-state index in [0.717, 1.165) is 44.9 Å². The highest BCUT2D eigenvalue weighted by Crippen LogP contribution is 2.15. The number of allylic oxidation sites excluding steroid dienone is 7. The van der Waals surface area contributed by atoms with Crippen molar-refractivity contribution in [3.05, 3.63) is 48.6 Å². The fourth-order valence-corrected chi connectivity index (χ4v) is 7.09. The monoisotopic (exact) mass is 772 g/mol. The number of carbonyl (C=O) groups excluding carboxylic acids is 1. The Morgan fingerprint density at radius 3 is 1.11 bits per heavy atom. The van der Waals surface area contributed by atoms with Crippen LogP contribution in [-0.4, -0.2) is 46.1 Å². The zero-order valence-electron chi connectivity index (χ0n) is 36.6. The van der Waals surface area contributed by atoms with Crippen LogP contribution in [0.25, 0.3) is 0 Å². The van der Waals surface area contributed by atoms with Gasteiger partial charge < -0.3 is 20.6 Å². The minimum Gasteiger partial charge on any atom is -0.394 e. The topological polar surface area (TPSA) is 89.8 Å². The van der Waals surface area contributed by atoms with E-state index < -0.39 is 24.2 Å². The first-order chi connectivity index (χ1) is 27.1. The summed E-state index contributed by atoms with van der Waals surface area (Å²) in [5, 5.41) is 33.2. The minimum absolute atomic E-state index is 0.384. The Balaban J connectivity index is 3.72. The first kappa shape index (κ1) is 53.3. The van der Waals surface area contributed by atoms with E-state index in [0.29, 0.717) is 6.42 Å². The van der Waals surface area contributed by atoms with Crippen molar-refractivity contribution >= 4 is 5.91 Å². The van der Waals surface area contributed by atoms with Gasteiger partial charge in [-0.2, -0.15) is 0 Å². The molecule has 0 rings (SSSR count). The quantitative estimate of drug-likeness (QED) is 0.0367. The van der Waals surface area contributed by atoms with Crippen LogP contribution < -0.4 is 5.32 Å². The van der Waals surface area contributed by atoms with Gasteiger partial charge in [-0.05, 0) is 70.6 Å². The van der Waals surface area contributed by atoms with Crippen LogP contribution in [0.3, 0.4) is 0 Å². The molecular weight excluding hydrogens is 679 g/mol. The van der Waals surface area contributed by atoms with E-state index in [1.54, 1.807) is 6.08 Å². The highest BCUT2D eigenvalue weighted by atomic mass is 16.3. The third-order valence-electron chi connectivity index (χ3n) is 10.9. The molecule has 0 bridgehead atoms. The molecule has 0 aliphatic heterocycles. The lowest BCUT2D eigenvalue weighted by Gasteiger charge is -2.21. The van der Waals surface area contributed by atoms with Crippen LogP contribution >= 0.6 is 0 Å². The van der Waals surface area contributed by atoms with Crippen LogP contribution in [0.5, 0.6) is 0 Å². The number of aliphatic hydroxyl groups is 3. The van der Waals surface area contributed by atoms with Crippen molar-refractivity contribution in [3.8, 4) is 0 Å². The van der Waals surface area contributed by atoms with Crippen LogP contribution in [0, 0.1) is 0 Å². The number of amides is 1. The summed E-state index contributed by atoms with van der Waals surface area (Å²) < 4.78 is 0. The molecule has 0 aromatic heterocycles. The molecule has 55 heavy (non-hydrogen) atoms. The molecule has 0 saturated carbocycles. The number of carbonyl (C=O) groups is 1. The molecule has 3 atom stereocenters. The van der Waals surface area contributed by atoms with Gasteiger partial charge >= 0.3 is 0 Å². The SMILES string of the molecule is CCCCCCCCCCC/C=C/CC/C=C/CC/C=C/C(O)C(CO)NC(=O)C(O)CCCCCCCC/C=C\CCCCCCCCCCCCCC. The normalized spacial score (nSPS) is 13.9. The average molecular weight is 772 g/mol. The first-order valence-electron chi connectivity index (χ1n) is 24.0. The van der Waals surface area contributed by atoms with Crippen molar-refractivity contribution in [1.82, 2.24) is 5.32 Å². The van der Waals surface area contributed by atoms with E-state index in [4.69, 9.17) is 0 Å². The minimum atomic E-state index is -1.12. The van der Waals surface area contributed by atoms with E-state index in [1.807, 2.05) is 6.08 Å². The second-order valence-electron chi connectivity index (χ2n) is 16.3. The van der Waals surface area contributed by atoms with Gasteiger partial charge in [0, 0.05) is 0 Å². The Morgan fingerprint density at radius 1 is 0.436 bits per heavy atom. The van der Waals surface area contributed by atoms with Gasteiger partial charge in [-0.1, -0.05) is 217 Å². The molecule has 0 aromatic carbocycles. The second-order valence-corrected chi connectivity index (χ2v) is 16.3. The molecule has 0 aromatic rings. The van der Waals surface area contributed by atoms with E-state index in [-0.39, 0.29) is 6.61 Å². The molecule has 5 heteroatoms. The molecule has 0 fully saturated rings. The summed E-state index contributed by atoms with van der Waals surface area (Å²) >= 11 is 0. The average Bonchev–Trinajstić information content (AvgIpc) is 3.19. The van der Waals surface area contributed by atoms with Gasteiger partial charge in [-0.25, -0.2) is 0 Å². The van der Waals surface area contributed by atoms with Gasteiger partial charge in [0.25, 0.3) is 0 Å². The standard InChI is InChI=1S/C50H93NO4/c1-3-5-7-9-11-13-15-17-19-21-23-24-25-27-29-31-33-35-37-39-41-43-45-49(54)50(55)51-47(46-52)48(53)44-42-40-38-36-34-32-30-28-26-22-20-18-16-14-12-10-8-6-4-2/h26-29,34,36,42,44,47-49,52-54H,3-25,30-33,35,37-41,43,45-46H2,1-2H3,(H,51,55)/b28-26+,29-27-,36-34+,44-42+. The molecule has 1 amide bonds. The summed E-state index contributed by atoms with van der Waals surface area (Å²) in [6.45, 7) is 4.17. The third kappa shape index (κ3) is 40.3. The maximum absolute atomic E-state index is 12.5. The Hall–Kier alpha value is -1.69. The summed E-state index contributed by atoms with van der Waals surface area (Å²) in [6, 6.07) is -0.824. The summed E-state index contributed by atoms with van der Waals surface area (Å²) in [5.74, 6) is -0.521. The Bertz CT molecular complexity index is 896.